The number of nitrogens with one attached hydrogen (secondary N) is 2. The lowest BCUT2D eigenvalue weighted by Crippen LogP contribution is -2.52. The highest BCUT2D eigenvalue weighted by molar-refractivity contribution is 7.92. The Bertz CT molecular complexity index is 870. The maximum atomic E-state index is 12.8. The Balaban J connectivity index is 2.02. The fourth-order valence-corrected chi connectivity index (χ4v) is 3.70. The van der Waals surface area contributed by atoms with Gasteiger partial charge in [-0.3, -0.25) is 5.32 Å². The number of para-hydroxylation sites is 1. The summed E-state index contributed by atoms with van der Waals surface area (Å²) in [7, 11) is -4.20. The van der Waals surface area contributed by atoms with Crippen LogP contribution in [0.1, 0.15) is 19.4 Å². The highest BCUT2D eigenvalue weighted by Gasteiger charge is 2.43. The number of aliphatic hydroxyl groups excluding tert-OH is 1. The molecule has 10 heteroatoms. The van der Waals surface area contributed by atoms with E-state index < -0.39 is 37.6 Å². The van der Waals surface area contributed by atoms with Crippen molar-refractivity contribution >= 4 is 15.5 Å². The van der Waals surface area contributed by atoms with Crippen molar-refractivity contribution in [2.45, 2.75) is 36.0 Å². The zero-order valence-electron chi connectivity index (χ0n) is 15.4. The van der Waals surface area contributed by atoms with E-state index in [4.69, 9.17) is 0 Å². The second kappa shape index (κ2) is 8.46. The van der Waals surface area contributed by atoms with Gasteiger partial charge in [0.2, 0.25) is 9.84 Å². The minimum Gasteiger partial charge on any atom is -0.384 e. The zero-order chi connectivity index (χ0) is 21.0. The van der Waals surface area contributed by atoms with Gasteiger partial charge in [0.25, 0.3) is 0 Å². The lowest BCUT2D eigenvalue weighted by Gasteiger charge is -2.30. The Hall–Kier alpha value is -2.17. The summed E-state index contributed by atoms with van der Waals surface area (Å²) in [4.78, 5) is 3.44. The molecule has 0 saturated carbocycles. The maximum Gasteiger partial charge on any atom is 0.417 e. The number of pyridine rings is 1. The van der Waals surface area contributed by atoms with Crippen molar-refractivity contribution in [1.29, 1.82) is 0 Å². The molecule has 0 fully saturated rings. The molecule has 1 atom stereocenters. The smallest absolute Gasteiger partial charge is 0.384 e. The molecule has 2 aromatic rings. The molecule has 28 heavy (non-hydrogen) atoms. The number of aromatic nitrogens is 1. The Morgan fingerprint density at radius 2 is 1.71 bits per heavy atom. The predicted octanol–water partition coefficient (Wildman–Crippen LogP) is 2.67. The summed E-state index contributed by atoms with van der Waals surface area (Å²) in [5.74, 6) is 0. The van der Waals surface area contributed by atoms with Crippen molar-refractivity contribution in [2.75, 3.05) is 18.4 Å². The largest absolute Gasteiger partial charge is 0.417 e. The van der Waals surface area contributed by atoms with Gasteiger partial charge >= 0.3 is 6.18 Å². The Morgan fingerprint density at radius 1 is 1.07 bits per heavy atom. The van der Waals surface area contributed by atoms with Crippen LogP contribution in [-0.4, -0.2) is 42.6 Å². The molecule has 1 aromatic heterocycles. The van der Waals surface area contributed by atoms with Crippen molar-refractivity contribution < 1.29 is 26.7 Å². The van der Waals surface area contributed by atoms with E-state index in [-0.39, 0.29) is 6.54 Å². The number of alkyl halides is 3. The van der Waals surface area contributed by atoms with Crippen LogP contribution in [0, 0.1) is 0 Å². The number of halogens is 3. The van der Waals surface area contributed by atoms with Gasteiger partial charge in [-0.2, -0.15) is 13.2 Å². The van der Waals surface area contributed by atoms with E-state index in [1.54, 1.807) is 0 Å². The normalized spacial score (nSPS) is 13.9. The molecule has 1 heterocycles. The minimum absolute atomic E-state index is 0.259. The van der Waals surface area contributed by atoms with Crippen LogP contribution >= 0.6 is 0 Å². The number of hydrogen-bond donors (Lipinski definition) is 3. The molecule has 0 saturated heterocycles. The van der Waals surface area contributed by atoms with Crippen molar-refractivity contribution in [1.82, 2.24) is 10.3 Å². The number of rotatable bonds is 8. The van der Waals surface area contributed by atoms with E-state index in [9.17, 15) is 26.7 Å². The molecular formula is C18H22F3N3O3S. The molecule has 154 valence electrons. The van der Waals surface area contributed by atoms with E-state index in [0.717, 1.165) is 11.8 Å². The lowest BCUT2D eigenvalue weighted by molar-refractivity contribution is -0.137. The van der Waals surface area contributed by atoms with Gasteiger partial charge in [0.15, 0.2) is 5.03 Å². The lowest BCUT2D eigenvalue weighted by atomic mass is 10.2. The first-order valence-corrected chi connectivity index (χ1v) is 9.93. The monoisotopic (exact) mass is 417 g/mol. The van der Waals surface area contributed by atoms with E-state index >= 15 is 0 Å². The van der Waals surface area contributed by atoms with E-state index in [1.807, 2.05) is 30.3 Å². The number of nitrogens with zero attached hydrogens (tertiary/aromatic N) is 1. The van der Waals surface area contributed by atoms with Crippen molar-refractivity contribution in [3.63, 3.8) is 0 Å². The highest BCUT2D eigenvalue weighted by Crippen LogP contribution is 2.31. The molecule has 1 aromatic carbocycles. The molecule has 0 bridgehead atoms. The first-order valence-electron chi connectivity index (χ1n) is 8.44. The molecule has 3 N–H and O–H groups in total. The number of hydrogen-bond acceptors (Lipinski definition) is 6. The Morgan fingerprint density at radius 3 is 2.25 bits per heavy atom. The average Bonchev–Trinajstić information content (AvgIpc) is 2.65. The Kier molecular flexibility index (Phi) is 6.68. The maximum absolute atomic E-state index is 12.8. The van der Waals surface area contributed by atoms with Crippen LogP contribution < -0.4 is 10.6 Å². The third kappa shape index (κ3) is 5.00. The van der Waals surface area contributed by atoms with Crippen molar-refractivity contribution in [3.05, 3.63) is 54.2 Å². The molecular weight excluding hydrogens is 395 g/mol. The van der Waals surface area contributed by atoms with Gasteiger partial charge < -0.3 is 10.4 Å². The molecule has 0 radical (unpaired) electrons. The van der Waals surface area contributed by atoms with Crippen LogP contribution in [0.4, 0.5) is 18.9 Å². The van der Waals surface area contributed by atoms with Crippen LogP contribution in [-0.2, 0) is 16.0 Å². The quantitative estimate of drug-likeness (QED) is 0.452. The van der Waals surface area contributed by atoms with Gasteiger partial charge in [0.1, 0.15) is 11.0 Å². The van der Waals surface area contributed by atoms with E-state index in [1.165, 1.54) is 13.8 Å². The summed E-state index contributed by atoms with van der Waals surface area (Å²) in [5.41, 5.74) is -0.172. The van der Waals surface area contributed by atoms with Crippen LogP contribution in [0.5, 0.6) is 0 Å². The van der Waals surface area contributed by atoms with E-state index in [0.29, 0.717) is 18.8 Å². The number of benzene rings is 1. The fourth-order valence-electron chi connectivity index (χ4n) is 2.34. The third-order valence-electron chi connectivity index (χ3n) is 4.26. The summed E-state index contributed by atoms with van der Waals surface area (Å²) in [6.07, 6.45) is -5.61. The first-order chi connectivity index (χ1) is 13.0. The zero-order valence-corrected chi connectivity index (χ0v) is 16.2. The molecule has 6 nitrogen and oxygen atoms in total. The number of sulfone groups is 1. The van der Waals surface area contributed by atoms with Crippen LogP contribution in [0.3, 0.4) is 0 Å². The number of aliphatic hydroxyl groups is 1. The summed E-state index contributed by atoms with van der Waals surface area (Å²) >= 11 is 0. The van der Waals surface area contributed by atoms with Crippen LogP contribution in [0.25, 0.3) is 0 Å². The van der Waals surface area contributed by atoms with Gasteiger partial charge in [-0.25, -0.2) is 13.4 Å². The minimum atomic E-state index is -4.61. The molecule has 1 unspecified atom stereocenters. The summed E-state index contributed by atoms with van der Waals surface area (Å²) in [5, 5.41) is 15.6. The van der Waals surface area contributed by atoms with Gasteiger partial charge in [-0.05, 0) is 38.1 Å². The third-order valence-corrected chi connectivity index (χ3v) is 6.66. The Labute approximate surface area is 161 Å². The fraction of sp³-hybridized carbons (Fsp3) is 0.389. The van der Waals surface area contributed by atoms with Crippen molar-refractivity contribution in [2.24, 2.45) is 0 Å². The molecule has 2 rings (SSSR count). The van der Waals surface area contributed by atoms with Crippen molar-refractivity contribution in [3.8, 4) is 0 Å². The van der Waals surface area contributed by atoms with Gasteiger partial charge in [0.05, 0.1) is 5.56 Å². The molecule has 0 aliphatic heterocycles. The molecule has 0 amide bonds. The van der Waals surface area contributed by atoms with Crippen LogP contribution in [0.15, 0.2) is 53.7 Å². The number of anilines is 1. The second-order valence-corrected chi connectivity index (χ2v) is 9.12. The predicted molar refractivity (Wildman–Crippen MR) is 99.4 cm³/mol. The second-order valence-electron chi connectivity index (χ2n) is 6.64. The molecule has 0 spiro atoms. The van der Waals surface area contributed by atoms with Gasteiger partial charge in [-0.15, -0.1) is 0 Å². The van der Waals surface area contributed by atoms with Gasteiger partial charge in [-0.1, -0.05) is 18.2 Å². The summed E-state index contributed by atoms with van der Waals surface area (Å²) < 4.78 is 61.7. The van der Waals surface area contributed by atoms with Crippen LogP contribution in [0.2, 0.25) is 0 Å². The summed E-state index contributed by atoms with van der Waals surface area (Å²) in [6.45, 7) is 3.25. The van der Waals surface area contributed by atoms with E-state index in [2.05, 4.69) is 15.6 Å². The standard InChI is InChI=1S/C18H22F3N3O3S/c1-17(2,16(25)23-11-10-22-14-6-4-3-5-7-14)28(26,27)15-9-8-13(12-24-15)18(19,20)21/h3-9,12,16,22-23,25H,10-11H2,1-2H3. The SMILES string of the molecule is CC(C)(C(O)NCCNc1ccccc1)S(=O)(=O)c1ccc(C(F)(F)F)cn1. The average molecular weight is 417 g/mol. The summed E-state index contributed by atoms with van der Waals surface area (Å²) in [6, 6.07) is 10.8. The first kappa shape index (κ1) is 22.1. The highest BCUT2D eigenvalue weighted by atomic mass is 32.2. The molecule has 0 aliphatic rings. The molecule has 0 aliphatic carbocycles. The van der Waals surface area contributed by atoms with Gasteiger partial charge in [0, 0.05) is 25.0 Å². The topological polar surface area (TPSA) is 91.3 Å².